The van der Waals surface area contributed by atoms with E-state index in [0.29, 0.717) is 0 Å². The molecule has 0 atom stereocenters. The molecule has 70 valence electrons. The van der Waals surface area contributed by atoms with Gasteiger partial charge in [-0.05, 0) is 30.2 Å². The van der Waals surface area contributed by atoms with Crippen molar-refractivity contribution in [2.24, 2.45) is 0 Å². The molecule has 1 aromatic heterocycles. The standard InChI is InChI=1S/C8H9ClN2O2/c9-7-3-2-6(13-7)8(12)11-5-1-4-10-11/h2-3,10H,1,4-5H2. The summed E-state index contributed by atoms with van der Waals surface area (Å²) in [5.74, 6) is 0.115. The first-order valence-electron chi connectivity index (χ1n) is 4.08. The van der Waals surface area contributed by atoms with Crippen LogP contribution in [0, 0.1) is 0 Å². The number of amides is 1. The largest absolute Gasteiger partial charge is 0.439 e. The Morgan fingerprint density at radius 1 is 1.62 bits per heavy atom. The maximum Gasteiger partial charge on any atom is 0.303 e. The molecule has 1 N–H and O–H groups in total. The molecule has 1 amide bonds. The minimum atomic E-state index is -0.163. The molecule has 5 heteroatoms. The van der Waals surface area contributed by atoms with Crippen molar-refractivity contribution in [2.45, 2.75) is 6.42 Å². The van der Waals surface area contributed by atoms with Crippen LogP contribution in [0.1, 0.15) is 17.0 Å². The van der Waals surface area contributed by atoms with E-state index in [-0.39, 0.29) is 16.9 Å². The van der Waals surface area contributed by atoms with Crippen molar-refractivity contribution in [1.82, 2.24) is 10.4 Å². The van der Waals surface area contributed by atoms with E-state index >= 15 is 0 Å². The summed E-state index contributed by atoms with van der Waals surface area (Å²) in [6.07, 6.45) is 0.972. The Morgan fingerprint density at radius 3 is 3.00 bits per heavy atom. The normalized spacial score (nSPS) is 16.5. The van der Waals surface area contributed by atoms with Gasteiger partial charge in [0.2, 0.25) is 0 Å². The zero-order valence-corrected chi connectivity index (χ0v) is 7.67. The lowest BCUT2D eigenvalue weighted by atomic mass is 10.4. The molecule has 0 aromatic carbocycles. The summed E-state index contributed by atoms with van der Waals surface area (Å²) in [7, 11) is 0. The third kappa shape index (κ3) is 1.68. The maximum absolute atomic E-state index is 11.6. The molecule has 4 nitrogen and oxygen atoms in total. The van der Waals surface area contributed by atoms with Gasteiger partial charge in [-0.15, -0.1) is 0 Å². The maximum atomic E-state index is 11.6. The first kappa shape index (κ1) is 8.59. The molecular formula is C8H9ClN2O2. The average Bonchev–Trinajstić information content (AvgIpc) is 2.72. The van der Waals surface area contributed by atoms with Crippen molar-refractivity contribution in [3.8, 4) is 0 Å². The predicted molar refractivity (Wildman–Crippen MR) is 47.4 cm³/mol. The molecule has 1 aromatic rings. The van der Waals surface area contributed by atoms with Gasteiger partial charge in [-0.25, -0.2) is 5.43 Å². The molecule has 0 unspecified atom stereocenters. The summed E-state index contributed by atoms with van der Waals surface area (Å²) in [4.78, 5) is 11.6. The molecule has 1 fully saturated rings. The smallest absolute Gasteiger partial charge is 0.303 e. The molecule has 0 saturated carbocycles. The molecule has 2 rings (SSSR count). The zero-order valence-electron chi connectivity index (χ0n) is 6.92. The summed E-state index contributed by atoms with van der Waals surface area (Å²) >= 11 is 5.55. The van der Waals surface area contributed by atoms with Gasteiger partial charge >= 0.3 is 5.91 Å². The van der Waals surface area contributed by atoms with E-state index in [0.717, 1.165) is 19.5 Å². The first-order chi connectivity index (χ1) is 6.27. The Morgan fingerprint density at radius 2 is 2.46 bits per heavy atom. The summed E-state index contributed by atoms with van der Waals surface area (Å²) in [5, 5.41) is 1.78. The van der Waals surface area contributed by atoms with Crippen LogP contribution in [0.5, 0.6) is 0 Å². The first-order valence-corrected chi connectivity index (χ1v) is 4.46. The van der Waals surface area contributed by atoms with Crippen LogP contribution in [0.25, 0.3) is 0 Å². The number of rotatable bonds is 1. The highest BCUT2D eigenvalue weighted by molar-refractivity contribution is 6.29. The summed E-state index contributed by atoms with van der Waals surface area (Å²) < 4.78 is 4.99. The molecule has 2 heterocycles. The van der Waals surface area contributed by atoms with Crippen molar-refractivity contribution >= 4 is 17.5 Å². The van der Waals surface area contributed by atoms with Gasteiger partial charge < -0.3 is 4.42 Å². The van der Waals surface area contributed by atoms with Gasteiger partial charge in [0.15, 0.2) is 11.0 Å². The zero-order chi connectivity index (χ0) is 9.26. The number of hydrazine groups is 1. The Balaban J connectivity index is 2.12. The van der Waals surface area contributed by atoms with E-state index < -0.39 is 0 Å². The topological polar surface area (TPSA) is 45.5 Å². The van der Waals surface area contributed by atoms with Gasteiger partial charge in [-0.2, -0.15) is 0 Å². The quantitative estimate of drug-likeness (QED) is 0.743. The number of nitrogens with zero attached hydrogens (tertiary/aromatic N) is 1. The fourth-order valence-electron chi connectivity index (χ4n) is 1.27. The predicted octanol–water partition coefficient (Wildman–Crippen LogP) is 1.28. The van der Waals surface area contributed by atoms with E-state index in [1.54, 1.807) is 12.1 Å². The summed E-state index contributed by atoms with van der Waals surface area (Å²) in [6, 6.07) is 3.13. The number of carbonyl (C=O) groups excluding carboxylic acids is 1. The minimum absolute atomic E-state index is 0.163. The Bertz CT molecular complexity index is 318. The van der Waals surface area contributed by atoms with Crippen molar-refractivity contribution in [1.29, 1.82) is 0 Å². The van der Waals surface area contributed by atoms with Crippen LogP contribution in [0.3, 0.4) is 0 Å². The van der Waals surface area contributed by atoms with Crippen molar-refractivity contribution in [2.75, 3.05) is 13.1 Å². The number of halogens is 1. The van der Waals surface area contributed by atoms with Crippen LogP contribution in [0.15, 0.2) is 16.5 Å². The third-order valence-electron chi connectivity index (χ3n) is 1.89. The highest BCUT2D eigenvalue weighted by Crippen LogP contribution is 2.15. The van der Waals surface area contributed by atoms with Crippen LogP contribution in [-0.2, 0) is 0 Å². The lowest BCUT2D eigenvalue weighted by molar-refractivity contribution is 0.0694. The second-order valence-electron chi connectivity index (χ2n) is 2.82. The van der Waals surface area contributed by atoms with Crippen molar-refractivity contribution < 1.29 is 9.21 Å². The molecule has 1 aliphatic heterocycles. The fraction of sp³-hybridized carbons (Fsp3) is 0.375. The minimum Gasteiger partial charge on any atom is -0.439 e. The molecule has 0 spiro atoms. The highest BCUT2D eigenvalue weighted by atomic mass is 35.5. The molecule has 13 heavy (non-hydrogen) atoms. The second kappa shape index (κ2) is 3.40. The average molecular weight is 201 g/mol. The lowest BCUT2D eigenvalue weighted by Crippen LogP contribution is -2.36. The van der Waals surface area contributed by atoms with E-state index in [2.05, 4.69) is 5.43 Å². The number of furan rings is 1. The van der Waals surface area contributed by atoms with Crippen LogP contribution in [-0.4, -0.2) is 24.0 Å². The molecule has 1 aliphatic rings. The van der Waals surface area contributed by atoms with E-state index in [9.17, 15) is 4.79 Å². The second-order valence-corrected chi connectivity index (χ2v) is 3.19. The van der Waals surface area contributed by atoms with Crippen molar-refractivity contribution in [3.63, 3.8) is 0 Å². The van der Waals surface area contributed by atoms with Crippen LogP contribution >= 0.6 is 11.6 Å². The van der Waals surface area contributed by atoms with Crippen LogP contribution in [0.2, 0.25) is 5.22 Å². The van der Waals surface area contributed by atoms with Gasteiger partial charge in [0.25, 0.3) is 0 Å². The monoisotopic (exact) mass is 200 g/mol. The van der Waals surface area contributed by atoms with E-state index in [4.69, 9.17) is 16.0 Å². The SMILES string of the molecule is O=C(c1ccc(Cl)o1)N1CCCN1. The summed E-state index contributed by atoms with van der Waals surface area (Å²) in [5.41, 5.74) is 2.94. The number of hydrogen-bond acceptors (Lipinski definition) is 3. The Labute approximate surface area is 80.4 Å². The molecule has 0 radical (unpaired) electrons. The van der Waals surface area contributed by atoms with Gasteiger partial charge in [0.1, 0.15) is 0 Å². The molecular weight excluding hydrogens is 192 g/mol. The number of nitrogens with one attached hydrogen (secondary N) is 1. The fourth-order valence-corrected chi connectivity index (χ4v) is 1.41. The third-order valence-corrected chi connectivity index (χ3v) is 2.09. The number of carbonyl (C=O) groups is 1. The van der Waals surface area contributed by atoms with E-state index in [1.807, 2.05) is 0 Å². The highest BCUT2D eigenvalue weighted by Gasteiger charge is 2.21. The summed E-state index contributed by atoms with van der Waals surface area (Å²) in [6.45, 7) is 1.55. The Hall–Kier alpha value is -1.00. The van der Waals surface area contributed by atoms with Gasteiger partial charge in [-0.1, -0.05) is 0 Å². The molecule has 1 saturated heterocycles. The molecule has 0 bridgehead atoms. The van der Waals surface area contributed by atoms with Crippen LogP contribution < -0.4 is 5.43 Å². The number of hydrogen-bond donors (Lipinski definition) is 1. The van der Waals surface area contributed by atoms with E-state index in [1.165, 1.54) is 5.01 Å². The van der Waals surface area contributed by atoms with Gasteiger partial charge in [0.05, 0.1) is 0 Å². The van der Waals surface area contributed by atoms with Gasteiger partial charge in [-0.3, -0.25) is 9.80 Å². The van der Waals surface area contributed by atoms with Gasteiger partial charge in [0, 0.05) is 13.1 Å². The lowest BCUT2D eigenvalue weighted by Gasteiger charge is -2.12. The van der Waals surface area contributed by atoms with Crippen LogP contribution in [0.4, 0.5) is 0 Å². The van der Waals surface area contributed by atoms with Crippen molar-refractivity contribution in [3.05, 3.63) is 23.1 Å². The Kier molecular flexibility index (Phi) is 2.24. The molecule has 0 aliphatic carbocycles.